The van der Waals surface area contributed by atoms with E-state index in [2.05, 4.69) is 15.5 Å². The lowest BCUT2D eigenvalue weighted by molar-refractivity contribution is -0.115. The lowest BCUT2D eigenvalue weighted by atomic mass is 9.86. The van der Waals surface area contributed by atoms with Crippen LogP contribution in [0.15, 0.2) is 23.4 Å². The highest BCUT2D eigenvalue weighted by Gasteiger charge is 2.21. The first-order valence-corrected chi connectivity index (χ1v) is 10.7. The van der Waals surface area contributed by atoms with Crippen LogP contribution in [-0.2, 0) is 11.2 Å². The number of aromatic nitrogens is 3. The van der Waals surface area contributed by atoms with Crippen molar-refractivity contribution in [3.63, 3.8) is 0 Å². The van der Waals surface area contributed by atoms with Gasteiger partial charge in [0.15, 0.2) is 5.82 Å². The number of hydrogen-bond donors (Lipinski definition) is 2. The fraction of sp³-hybridized carbons (Fsp3) is 0.550. The maximum atomic E-state index is 13.6. The van der Waals surface area contributed by atoms with E-state index in [4.69, 9.17) is 5.84 Å². The van der Waals surface area contributed by atoms with Crippen LogP contribution in [0.3, 0.4) is 0 Å². The summed E-state index contributed by atoms with van der Waals surface area (Å²) < 4.78 is 15.1. The number of nitrogens with one attached hydrogen (secondary N) is 1. The molecule has 1 aliphatic rings. The summed E-state index contributed by atoms with van der Waals surface area (Å²) >= 11 is 1.25. The number of carbonyl (C=O) groups is 1. The van der Waals surface area contributed by atoms with Gasteiger partial charge in [0.25, 0.3) is 0 Å². The smallest absolute Gasteiger partial charge is 0.237 e. The van der Waals surface area contributed by atoms with Crippen molar-refractivity contribution in [2.45, 2.75) is 69.2 Å². The normalized spacial score (nSPS) is 16.1. The highest BCUT2D eigenvalue weighted by atomic mass is 32.2. The number of anilines is 1. The molecule has 3 rings (SSSR count). The minimum atomic E-state index is -0.443. The van der Waals surface area contributed by atoms with Gasteiger partial charge in [-0.05, 0) is 43.9 Å². The summed E-state index contributed by atoms with van der Waals surface area (Å²) in [6.45, 7) is 3.44. The Morgan fingerprint density at radius 1 is 1.36 bits per heavy atom. The third kappa shape index (κ3) is 5.25. The van der Waals surface area contributed by atoms with Gasteiger partial charge in [0.2, 0.25) is 11.1 Å². The topological polar surface area (TPSA) is 85.8 Å². The van der Waals surface area contributed by atoms with E-state index in [9.17, 15) is 9.18 Å². The number of nitrogens with zero attached hydrogens (tertiary/aromatic N) is 3. The highest BCUT2D eigenvalue weighted by molar-refractivity contribution is 8.00. The number of hydrogen-bond acceptors (Lipinski definition) is 5. The molecule has 2 aromatic rings. The average molecular weight is 406 g/mol. The van der Waals surface area contributed by atoms with Crippen molar-refractivity contribution in [1.29, 1.82) is 0 Å². The van der Waals surface area contributed by atoms with E-state index < -0.39 is 5.25 Å². The lowest BCUT2D eigenvalue weighted by Gasteiger charge is -2.20. The van der Waals surface area contributed by atoms with Crippen LogP contribution in [0.25, 0.3) is 0 Å². The molecule has 0 saturated heterocycles. The number of nitrogens with two attached hydrogens (primary N) is 1. The van der Waals surface area contributed by atoms with E-state index >= 15 is 0 Å². The van der Waals surface area contributed by atoms with Crippen molar-refractivity contribution in [2.24, 2.45) is 5.92 Å². The quantitative estimate of drug-likeness (QED) is 0.536. The summed E-state index contributed by atoms with van der Waals surface area (Å²) in [5.74, 6) is 7.07. The molecule has 3 N–H and O–H groups in total. The summed E-state index contributed by atoms with van der Waals surface area (Å²) in [5, 5.41) is 11.1. The fourth-order valence-electron chi connectivity index (χ4n) is 3.49. The molecule has 1 aromatic carbocycles. The zero-order valence-electron chi connectivity index (χ0n) is 16.4. The molecule has 0 aliphatic heterocycles. The van der Waals surface area contributed by atoms with Gasteiger partial charge >= 0.3 is 0 Å². The number of thioether (sulfide) groups is 1. The molecule has 1 atom stereocenters. The third-order valence-electron chi connectivity index (χ3n) is 5.33. The number of amides is 1. The predicted octanol–water partition coefficient (Wildman–Crippen LogP) is 4.07. The molecule has 1 aliphatic carbocycles. The van der Waals surface area contributed by atoms with Crippen LogP contribution >= 0.6 is 11.8 Å². The van der Waals surface area contributed by atoms with Gasteiger partial charge in [0, 0.05) is 12.1 Å². The van der Waals surface area contributed by atoms with Crippen molar-refractivity contribution in [2.75, 3.05) is 11.2 Å². The lowest BCUT2D eigenvalue weighted by Crippen LogP contribution is -2.24. The van der Waals surface area contributed by atoms with Crippen LogP contribution in [0.2, 0.25) is 0 Å². The minimum Gasteiger partial charge on any atom is -0.336 e. The minimum absolute atomic E-state index is 0.236. The van der Waals surface area contributed by atoms with E-state index in [-0.39, 0.29) is 11.7 Å². The molecule has 1 amide bonds. The first-order chi connectivity index (χ1) is 13.4. The summed E-state index contributed by atoms with van der Waals surface area (Å²) in [6.07, 6.45) is 8.44. The molecule has 6 nitrogen and oxygen atoms in total. The van der Waals surface area contributed by atoms with Crippen molar-refractivity contribution in [1.82, 2.24) is 14.9 Å². The Balaban J connectivity index is 1.54. The van der Waals surface area contributed by atoms with Gasteiger partial charge in [0.1, 0.15) is 5.82 Å². The van der Waals surface area contributed by atoms with E-state index in [1.54, 1.807) is 26.0 Å². The zero-order valence-corrected chi connectivity index (χ0v) is 17.3. The fourth-order valence-corrected chi connectivity index (χ4v) is 4.28. The maximum absolute atomic E-state index is 13.6. The molecule has 0 spiro atoms. The predicted molar refractivity (Wildman–Crippen MR) is 110 cm³/mol. The Morgan fingerprint density at radius 2 is 2.11 bits per heavy atom. The molecule has 0 unspecified atom stereocenters. The maximum Gasteiger partial charge on any atom is 0.237 e. The summed E-state index contributed by atoms with van der Waals surface area (Å²) in [6, 6.07) is 4.64. The largest absolute Gasteiger partial charge is 0.336 e. The number of carbonyl (C=O) groups excluding carboxylic acids is 1. The van der Waals surface area contributed by atoms with Gasteiger partial charge in [-0.15, -0.1) is 10.2 Å². The molecule has 1 aromatic heterocycles. The molecule has 152 valence electrons. The van der Waals surface area contributed by atoms with Gasteiger partial charge in [-0.25, -0.2) is 9.07 Å². The number of benzene rings is 1. The van der Waals surface area contributed by atoms with E-state index in [1.165, 1.54) is 54.6 Å². The number of aryl methyl sites for hydroxylation is 2. The Labute approximate surface area is 169 Å². The Hall–Kier alpha value is -2.09. The molecule has 0 radical (unpaired) electrons. The zero-order chi connectivity index (χ0) is 20.1. The monoisotopic (exact) mass is 405 g/mol. The molecule has 1 saturated carbocycles. The van der Waals surface area contributed by atoms with Crippen LogP contribution in [0.4, 0.5) is 10.1 Å². The van der Waals surface area contributed by atoms with Crippen LogP contribution in [0.5, 0.6) is 0 Å². The number of nitrogen functional groups attached to an aromatic ring is 1. The molecule has 0 bridgehead atoms. The van der Waals surface area contributed by atoms with Crippen LogP contribution in [0, 0.1) is 18.7 Å². The number of rotatable bonds is 7. The second-order valence-corrected chi connectivity index (χ2v) is 8.83. The molecule has 28 heavy (non-hydrogen) atoms. The van der Waals surface area contributed by atoms with Gasteiger partial charge in [-0.2, -0.15) is 0 Å². The van der Waals surface area contributed by atoms with Gasteiger partial charge < -0.3 is 11.2 Å². The first kappa shape index (κ1) is 20.6. The van der Waals surface area contributed by atoms with Gasteiger partial charge in [-0.3, -0.25) is 4.79 Å². The number of halogens is 1. The van der Waals surface area contributed by atoms with E-state index in [0.717, 1.165) is 24.6 Å². The van der Waals surface area contributed by atoms with Crippen molar-refractivity contribution in [3.05, 3.63) is 35.4 Å². The first-order valence-electron chi connectivity index (χ1n) is 9.87. The molecular weight excluding hydrogens is 377 g/mol. The third-order valence-corrected chi connectivity index (χ3v) is 6.38. The van der Waals surface area contributed by atoms with Crippen LogP contribution < -0.4 is 11.2 Å². The van der Waals surface area contributed by atoms with Gasteiger partial charge in [0.05, 0.1) is 5.25 Å². The van der Waals surface area contributed by atoms with Crippen LogP contribution in [-0.4, -0.2) is 26.0 Å². The Bertz CT molecular complexity index is 819. The Morgan fingerprint density at radius 3 is 2.82 bits per heavy atom. The standard InChI is InChI=1S/C20H28FN5OS/c1-13-8-10-16(12-17(13)21)23-19(27)14(2)28-20-25-24-18(26(20)22)11-9-15-6-4-3-5-7-15/h8,10,12,14-15H,3-7,9,11,22H2,1-2H3,(H,23,27)/t14-/m0/s1. The molecular formula is C20H28FN5OS. The van der Waals surface area contributed by atoms with E-state index in [1.807, 2.05) is 0 Å². The van der Waals surface area contributed by atoms with Crippen molar-refractivity contribution < 1.29 is 9.18 Å². The highest BCUT2D eigenvalue weighted by Crippen LogP contribution is 2.28. The SMILES string of the molecule is Cc1ccc(NC(=O)[C@H](C)Sc2nnc(CCC3CCCCC3)n2N)cc1F. The Kier molecular flexibility index (Phi) is 6.93. The van der Waals surface area contributed by atoms with E-state index in [0.29, 0.717) is 16.4 Å². The summed E-state index contributed by atoms with van der Waals surface area (Å²) in [7, 11) is 0. The van der Waals surface area contributed by atoms with Crippen molar-refractivity contribution >= 4 is 23.4 Å². The average Bonchev–Trinajstić information content (AvgIpc) is 3.03. The van der Waals surface area contributed by atoms with Crippen LogP contribution in [0.1, 0.15) is 56.8 Å². The second-order valence-electron chi connectivity index (χ2n) is 7.52. The molecule has 8 heteroatoms. The molecule has 1 heterocycles. The van der Waals surface area contributed by atoms with Gasteiger partial charge in [-0.1, -0.05) is 49.9 Å². The molecule has 1 fully saturated rings. The summed E-state index contributed by atoms with van der Waals surface area (Å²) in [5.41, 5.74) is 0.973. The second kappa shape index (κ2) is 9.41. The summed E-state index contributed by atoms with van der Waals surface area (Å²) in [4.78, 5) is 12.4. The van der Waals surface area contributed by atoms with Crippen molar-refractivity contribution in [3.8, 4) is 0 Å².